The van der Waals surface area contributed by atoms with Crippen molar-refractivity contribution < 1.29 is 0 Å². The average Bonchev–Trinajstić information content (AvgIpc) is 3.04. The van der Waals surface area contributed by atoms with E-state index < -0.39 is 0 Å². The Morgan fingerprint density at radius 2 is 2.00 bits per heavy atom. The number of thiazole rings is 1. The molecule has 1 saturated carbocycles. The van der Waals surface area contributed by atoms with Crippen LogP contribution >= 0.6 is 11.3 Å². The summed E-state index contributed by atoms with van der Waals surface area (Å²) < 4.78 is 0. The number of aromatic nitrogens is 1. The Morgan fingerprint density at radius 3 is 2.53 bits per heavy atom. The van der Waals surface area contributed by atoms with E-state index in [-0.39, 0.29) is 5.54 Å². The van der Waals surface area contributed by atoms with Crippen LogP contribution in [0.25, 0.3) is 0 Å². The SMILES string of the molecule is CC(C)CCc1nc(C2CC2)c(CNC(C)(C)C)s1. The van der Waals surface area contributed by atoms with Crippen molar-refractivity contribution in [2.45, 2.75) is 78.3 Å². The molecule has 1 heterocycles. The van der Waals surface area contributed by atoms with Gasteiger partial charge < -0.3 is 5.32 Å². The predicted molar refractivity (Wildman–Crippen MR) is 83.8 cm³/mol. The molecular formula is C16H28N2S. The fourth-order valence-electron chi connectivity index (χ4n) is 2.08. The Morgan fingerprint density at radius 1 is 1.32 bits per heavy atom. The van der Waals surface area contributed by atoms with Gasteiger partial charge >= 0.3 is 0 Å². The highest BCUT2D eigenvalue weighted by molar-refractivity contribution is 7.11. The predicted octanol–water partition coefficient (Wildman–Crippen LogP) is 4.50. The summed E-state index contributed by atoms with van der Waals surface area (Å²) in [5.41, 5.74) is 1.59. The first-order chi connectivity index (χ1) is 8.85. The molecule has 0 spiro atoms. The Bertz CT molecular complexity index is 411. The number of nitrogens with one attached hydrogen (secondary N) is 1. The number of aryl methyl sites for hydroxylation is 1. The van der Waals surface area contributed by atoms with Crippen molar-refractivity contribution in [1.82, 2.24) is 10.3 Å². The van der Waals surface area contributed by atoms with Crippen molar-refractivity contribution in [3.05, 3.63) is 15.6 Å². The highest BCUT2D eigenvalue weighted by Gasteiger charge is 2.29. The summed E-state index contributed by atoms with van der Waals surface area (Å²) in [5, 5.41) is 4.96. The second-order valence-electron chi connectivity index (χ2n) is 7.23. The molecule has 0 aromatic carbocycles. The van der Waals surface area contributed by atoms with E-state index in [2.05, 4.69) is 39.9 Å². The van der Waals surface area contributed by atoms with Crippen molar-refractivity contribution in [1.29, 1.82) is 0 Å². The average molecular weight is 280 g/mol. The van der Waals surface area contributed by atoms with Crippen molar-refractivity contribution in [3.63, 3.8) is 0 Å². The maximum absolute atomic E-state index is 4.92. The number of nitrogens with zero attached hydrogens (tertiary/aromatic N) is 1. The van der Waals surface area contributed by atoms with E-state index in [1.807, 2.05) is 11.3 Å². The van der Waals surface area contributed by atoms with E-state index >= 15 is 0 Å². The summed E-state index contributed by atoms with van der Waals surface area (Å²) in [4.78, 5) is 6.41. The van der Waals surface area contributed by atoms with E-state index in [0.717, 1.165) is 24.8 Å². The van der Waals surface area contributed by atoms with Gasteiger partial charge in [-0.25, -0.2) is 4.98 Å². The minimum atomic E-state index is 0.183. The topological polar surface area (TPSA) is 24.9 Å². The molecule has 0 saturated heterocycles. The van der Waals surface area contributed by atoms with Crippen LogP contribution in [0.4, 0.5) is 0 Å². The van der Waals surface area contributed by atoms with E-state index in [1.165, 1.54) is 34.8 Å². The zero-order valence-corrected chi connectivity index (χ0v) is 13.9. The first kappa shape index (κ1) is 15.0. The normalized spacial score (nSPS) is 16.3. The molecule has 0 amide bonds. The molecule has 0 radical (unpaired) electrons. The molecule has 0 atom stereocenters. The van der Waals surface area contributed by atoms with Crippen LogP contribution in [0.1, 0.15) is 75.4 Å². The summed E-state index contributed by atoms with van der Waals surface area (Å²) in [6.45, 7) is 12.2. The van der Waals surface area contributed by atoms with Gasteiger partial charge in [0.2, 0.25) is 0 Å². The van der Waals surface area contributed by atoms with Gasteiger partial charge in [0.15, 0.2) is 0 Å². The number of rotatable bonds is 6. The molecule has 0 bridgehead atoms. The number of hydrogen-bond acceptors (Lipinski definition) is 3. The van der Waals surface area contributed by atoms with Crippen LogP contribution in [0.5, 0.6) is 0 Å². The summed E-state index contributed by atoms with van der Waals surface area (Å²) in [5.74, 6) is 1.53. The number of hydrogen-bond donors (Lipinski definition) is 1. The van der Waals surface area contributed by atoms with Crippen LogP contribution < -0.4 is 5.32 Å². The maximum atomic E-state index is 4.92. The standard InChI is InChI=1S/C16H28N2S/c1-11(2)6-9-14-18-15(12-7-8-12)13(19-14)10-17-16(3,4)5/h11-12,17H,6-10H2,1-5H3. The Labute approximate surface area is 122 Å². The van der Waals surface area contributed by atoms with Crippen molar-refractivity contribution in [2.24, 2.45) is 5.92 Å². The van der Waals surface area contributed by atoms with Gasteiger partial charge in [0.1, 0.15) is 0 Å². The second-order valence-corrected chi connectivity index (χ2v) is 8.39. The van der Waals surface area contributed by atoms with Crippen LogP contribution in [0, 0.1) is 5.92 Å². The van der Waals surface area contributed by atoms with Gasteiger partial charge in [-0.1, -0.05) is 13.8 Å². The Balaban J connectivity index is 2.03. The molecule has 1 aromatic rings. The van der Waals surface area contributed by atoms with Crippen molar-refractivity contribution >= 4 is 11.3 Å². The van der Waals surface area contributed by atoms with E-state index in [1.54, 1.807) is 0 Å². The lowest BCUT2D eigenvalue weighted by atomic mass is 10.1. The van der Waals surface area contributed by atoms with E-state index in [0.29, 0.717) is 0 Å². The second kappa shape index (κ2) is 5.92. The van der Waals surface area contributed by atoms with Gasteiger partial charge in [0, 0.05) is 22.9 Å². The molecule has 1 aromatic heterocycles. The maximum Gasteiger partial charge on any atom is 0.0931 e. The van der Waals surface area contributed by atoms with Crippen molar-refractivity contribution in [2.75, 3.05) is 0 Å². The Hall–Kier alpha value is -0.410. The highest BCUT2D eigenvalue weighted by atomic mass is 32.1. The lowest BCUT2D eigenvalue weighted by Gasteiger charge is -2.20. The lowest BCUT2D eigenvalue weighted by Crippen LogP contribution is -2.35. The minimum Gasteiger partial charge on any atom is -0.307 e. The molecule has 19 heavy (non-hydrogen) atoms. The molecule has 2 rings (SSSR count). The molecule has 3 heteroatoms. The monoisotopic (exact) mass is 280 g/mol. The van der Waals surface area contributed by atoms with Crippen LogP contribution in [-0.4, -0.2) is 10.5 Å². The molecule has 1 aliphatic rings. The summed E-state index contributed by atoms with van der Waals surface area (Å²) in [7, 11) is 0. The molecule has 1 aliphatic carbocycles. The van der Waals surface area contributed by atoms with Crippen molar-refractivity contribution in [3.8, 4) is 0 Å². The van der Waals surface area contributed by atoms with Gasteiger partial charge in [-0.2, -0.15) is 0 Å². The molecule has 0 aliphatic heterocycles. The molecule has 2 nitrogen and oxygen atoms in total. The molecule has 108 valence electrons. The van der Waals surface area contributed by atoms with Gasteiger partial charge in [-0.05, 0) is 52.4 Å². The largest absolute Gasteiger partial charge is 0.307 e. The smallest absolute Gasteiger partial charge is 0.0931 e. The van der Waals surface area contributed by atoms with E-state index in [4.69, 9.17) is 4.98 Å². The first-order valence-corrected chi connectivity index (χ1v) is 8.40. The fraction of sp³-hybridized carbons (Fsp3) is 0.812. The fourth-order valence-corrected chi connectivity index (χ4v) is 3.19. The lowest BCUT2D eigenvalue weighted by molar-refractivity contribution is 0.425. The molecule has 0 unspecified atom stereocenters. The van der Waals surface area contributed by atoms with Gasteiger partial charge in [0.25, 0.3) is 0 Å². The zero-order chi connectivity index (χ0) is 14.0. The van der Waals surface area contributed by atoms with Gasteiger partial charge in [0.05, 0.1) is 10.7 Å². The third kappa shape index (κ3) is 4.88. The minimum absolute atomic E-state index is 0.183. The third-order valence-corrected chi connectivity index (χ3v) is 4.58. The quantitative estimate of drug-likeness (QED) is 0.830. The summed E-state index contributed by atoms with van der Waals surface area (Å²) >= 11 is 1.94. The van der Waals surface area contributed by atoms with Gasteiger partial charge in [-0.15, -0.1) is 11.3 Å². The first-order valence-electron chi connectivity index (χ1n) is 7.58. The summed E-state index contributed by atoms with van der Waals surface area (Å²) in [6.07, 6.45) is 5.09. The van der Waals surface area contributed by atoms with Gasteiger partial charge in [-0.3, -0.25) is 0 Å². The summed E-state index contributed by atoms with van der Waals surface area (Å²) in [6, 6.07) is 0. The highest BCUT2D eigenvalue weighted by Crippen LogP contribution is 2.43. The molecule has 1 N–H and O–H groups in total. The van der Waals surface area contributed by atoms with Crippen LogP contribution in [-0.2, 0) is 13.0 Å². The zero-order valence-electron chi connectivity index (χ0n) is 13.0. The third-order valence-electron chi connectivity index (χ3n) is 3.45. The molecule has 1 fully saturated rings. The van der Waals surface area contributed by atoms with E-state index in [9.17, 15) is 0 Å². The Kier molecular flexibility index (Phi) is 4.67. The van der Waals surface area contributed by atoms with Crippen LogP contribution in [0.2, 0.25) is 0 Å². The van der Waals surface area contributed by atoms with Crippen LogP contribution in [0.15, 0.2) is 0 Å². The van der Waals surface area contributed by atoms with Crippen LogP contribution in [0.3, 0.4) is 0 Å². The molecular weight excluding hydrogens is 252 g/mol.